The Morgan fingerprint density at radius 2 is 1.92 bits per heavy atom. The molecule has 1 heterocycles. The van der Waals surface area contributed by atoms with Gasteiger partial charge in [-0.3, -0.25) is 9.59 Å². The van der Waals surface area contributed by atoms with E-state index in [4.69, 9.17) is 44.3 Å². The summed E-state index contributed by atoms with van der Waals surface area (Å²) < 4.78 is 10.6. The second-order valence-corrected chi connectivity index (χ2v) is 10.4. The van der Waals surface area contributed by atoms with E-state index in [1.807, 2.05) is 0 Å². The van der Waals surface area contributed by atoms with Gasteiger partial charge in [-0.25, -0.2) is 0 Å². The number of hydrogen-bond donors (Lipinski definition) is 2. The van der Waals surface area contributed by atoms with Crippen LogP contribution in [-0.4, -0.2) is 31.7 Å². The zero-order valence-electron chi connectivity index (χ0n) is 19.9. The predicted octanol–water partition coefficient (Wildman–Crippen LogP) is 6.46. The van der Waals surface area contributed by atoms with E-state index in [2.05, 4.69) is 16.7 Å². The molecular formula is C26H22Cl3N3O4S. The summed E-state index contributed by atoms with van der Waals surface area (Å²) in [7, 11) is 2.94. The standard InChI is InChI=1S/C26H22Cl3N3O4S/c1-35-20-10-18(21(36-2)9-16(20)28)31-22(34)12-37-26-14(11-30)23(13-5-3-6-15(27)25(13)29)24-17(32-26)7-4-8-19(24)33/h3,5-6,9-10,23,32H,4,7-8,12H2,1-2H3,(H,31,34)/t23-/m0/s1. The van der Waals surface area contributed by atoms with Crippen molar-refractivity contribution in [2.45, 2.75) is 25.2 Å². The van der Waals surface area contributed by atoms with Crippen LogP contribution in [0, 0.1) is 11.3 Å². The summed E-state index contributed by atoms with van der Waals surface area (Å²) in [4.78, 5) is 25.9. The summed E-state index contributed by atoms with van der Waals surface area (Å²) in [5.41, 5.74) is 2.55. The van der Waals surface area contributed by atoms with Gasteiger partial charge in [0.05, 0.1) is 63.3 Å². The number of nitriles is 1. The minimum Gasteiger partial charge on any atom is -0.495 e. The first-order chi connectivity index (χ1) is 17.8. The third-order valence-corrected chi connectivity index (χ3v) is 8.20. The Morgan fingerprint density at radius 1 is 1.16 bits per heavy atom. The van der Waals surface area contributed by atoms with Crippen molar-refractivity contribution in [3.8, 4) is 17.6 Å². The number of nitrogens with one attached hydrogen (secondary N) is 2. The lowest BCUT2D eigenvalue weighted by Gasteiger charge is -2.33. The highest BCUT2D eigenvalue weighted by molar-refractivity contribution is 8.03. The fourth-order valence-electron chi connectivity index (χ4n) is 4.37. The molecule has 0 saturated carbocycles. The number of hydrogen-bond acceptors (Lipinski definition) is 7. The Hall–Kier alpha value is -2.83. The lowest BCUT2D eigenvalue weighted by atomic mass is 9.77. The number of ether oxygens (including phenoxy) is 2. The van der Waals surface area contributed by atoms with Crippen LogP contribution in [0.25, 0.3) is 0 Å². The van der Waals surface area contributed by atoms with Crippen molar-refractivity contribution >= 4 is 63.9 Å². The number of carbonyl (C=O) groups excluding carboxylic acids is 2. The van der Waals surface area contributed by atoms with Gasteiger partial charge >= 0.3 is 0 Å². The van der Waals surface area contributed by atoms with E-state index in [0.717, 1.165) is 17.5 Å². The van der Waals surface area contributed by atoms with E-state index < -0.39 is 5.92 Å². The molecule has 1 amide bonds. The molecule has 0 saturated heterocycles. The predicted molar refractivity (Wildman–Crippen MR) is 147 cm³/mol. The Balaban J connectivity index is 1.64. The third-order valence-electron chi connectivity index (χ3n) is 6.05. The van der Waals surface area contributed by atoms with E-state index in [-0.39, 0.29) is 17.4 Å². The van der Waals surface area contributed by atoms with E-state index in [1.165, 1.54) is 14.2 Å². The molecule has 0 unspecified atom stereocenters. The number of nitrogens with zero attached hydrogens (tertiary/aromatic N) is 1. The molecule has 0 radical (unpaired) electrons. The van der Waals surface area contributed by atoms with E-state index in [1.54, 1.807) is 30.3 Å². The van der Waals surface area contributed by atoms with Crippen LogP contribution in [0.15, 0.2) is 52.2 Å². The van der Waals surface area contributed by atoms with Gasteiger partial charge in [-0.05, 0) is 24.5 Å². The molecule has 11 heteroatoms. The van der Waals surface area contributed by atoms with Crippen molar-refractivity contribution in [2.75, 3.05) is 25.3 Å². The number of benzene rings is 2. The number of anilines is 1. The summed E-state index contributed by atoms with van der Waals surface area (Å²) >= 11 is 20.1. The number of rotatable bonds is 7. The first kappa shape index (κ1) is 27.2. The van der Waals surface area contributed by atoms with Crippen LogP contribution in [0.2, 0.25) is 15.1 Å². The Kier molecular flexibility index (Phi) is 8.60. The van der Waals surface area contributed by atoms with Gasteiger partial charge in [-0.1, -0.05) is 58.7 Å². The number of carbonyl (C=O) groups is 2. The molecule has 0 fully saturated rings. The van der Waals surface area contributed by atoms with Crippen molar-refractivity contribution in [2.24, 2.45) is 0 Å². The SMILES string of the molecule is COc1cc(NC(=O)CSC2=C(C#N)[C@H](c3cccc(Cl)c3Cl)C3=C(CCCC3=O)N2)c(OC)cc1Cl. The summed E-state index contributed by atoms with van der Waals surface area (Å²) in [6.45, 7) is 0. The zero-order chi connectivity index (χ0) is 26.7. The molecule has 0 aromatic heterocycles. The molecule has 4 rings (SSSR count). The molecule has 37 heavy (non-hydrogen) atoms. The summed E-state index contributed by atoms with van der Waals surface area (Å²) in [5, 5.41) is 17.7. The quantitative estimate of drug-likeness (QED) is 0.389. The topological polar surface area (TPSA) is 100 Å². The number of dihydropyridines is 1. The number of thioether (sulfide) groups is 1. The normalized spacial score (nSPS) is 17.1. The molecular weight excluding hydrogens is 557 g/mol. The summed E-state index contributed by atoms with van der Waals surface area (Å²) in [5.74, 6) is -0.302. The monoisotopic (exact) mass is 577 g/mol. The van der Waals surface area contributed by atoms with Gasteiger partial charge < -0.3 is 20.1 Å². The third kappa shape index (κ3) is 5.55. The minimum absolute atomic E-state index is 0.0197. The van der Waals surface area contributed by atoms with Gasteiger partial charge in [0.15, 0.2) is 5.78 Å². The average molecular weight is 579 g/mol. The van der Waals surface area contributed by atoms with Gasteiger partial charge in [-0.2, -0.15) is 5.26 Å². The van der Waals surface area contributed by atoms with Crippen LogP contribution in [0.3, 0.4) is 0 Å². The van der Waals surface area contributed by atoms with Crippen molar-refractivity contribution in [1.29, 1.82) is 5.26 Å². The first-order valence-electron chi connectivity index (χ1n) is 11.2. The number of allylic oxidation sites excluding steroid dienone is 3. The van der Waals surface area contributed by atoms with Crippen molar-refractivity contribution in [1.82, 2.24) is 5.32 Å². The highest BCUT2D eigenvalue weighted by Gasteiger charge is 2.38. The number of methoxy groups -OCH3 is 2. The number of halogens is 3. The highest BCUT2D eigenvalue weighted by Crippen LogP contribution is 2.47. The average Bonchev–Trinajstić information content (AvgIpc) is 2.89. The Bertz CT molecular complexity index is 1380. The van der Waals surface area contributed by atoms with Crippen LogP contribution in [0.5, 0.6) is 11.5 Å². The molecule has 2 N–H and O–H groups in total. The molecule has 7 nitrogen and oxygen atoms in total. The maximum atomic E-state index is 13.0. The maximum Gasteiger partial charge on any atom is 0.234 e. The molecule has 192 valence electrons. The van der Waals surface area contributed by atoms with Gasteiger partial charge in [0.2, 0.25) is 5.91 Å². The smallest absolute Gasteiger partial charge is 0.234 e. The fourth-order valence-corrected chi connectivity index (χ4v) is 5.88. The molecule has 0 spiro atoms. The van der Waals surface area contributed by atoms with Gasteiger partial charge in [-0.15, -0.1) is 0 Å². The largest absolute Gasteiger partial charge is 0.495 e. The van der Waals surface area contributed by atoms with Gasteiger partial charge in [0.25, 0.3) is 0 Å². The minimum atomic E-state index is -0.675. The molecule has 2 aromatic carbocycles. The summed E-state index contributed by atoms with van der Waals surface area (Å²) in [6, 6.07) is 10.5. The van der Waals surface area contributed by atoms with Gasteiger partial charge in [0.1, 0.15) is 11.5 Å². The number of Topliss-reactive ketones (excluding diaryl/α,β-unsaturated/α-hetero) is 1. The van der Waals surface area contributed by atoms with Crippen LogP contribution < -0.4 is 20.1 Å². The molecule has 2 aromatic rings. The Morgan fingerprint density at radius 3 is 2.62 bits per heavy atom. The van der Waals surface area contributed by atoms with E-state index >= 15 is 0 Å². The first-order valence-corrected chi connectivity index (χ1v) is 13.4. The molecule has 2 aliphatic rings. The number of amides is 1. The van der Waals surface area contributed by atoms with Crippen LogP contribution in [0.1, 0.15) is 30.7 Å². The molecule has 1 aliphatic heterocycles. The molecule has 0 bridgehead atoms. The van der Waals surface area contributed by atoms with Crippen LogP contribution in [-0.2, 0) is 9.59 Å². The lowest BCUT2D eigenvalue weighted by Crippen LogP contribution is -2.32. The van der Waals surface area contributed by atoms with Gasteiger partial charge in [0, 0.05) is 29.8 Å². The molecule has 1 atom stereocenters. The molecule has 1 aliphatic carbocycles. The van der Waals surface area contributed by atoms with Crippen LogP contribution in [0.4, 0.5) is 5.69 Å². The lowest BCUT2D eigenvalue weighted by molar-refractivity contribution is -0.116. The van der Waals surface area contributed by atoms with Crippen LogP contribution >= 0.6 is 46.6 Å². The highest BCUT2D eigenvalue weighted by atomic mass is 35.5. The Labute approximate surface area is 233 Å². The van der Waals surface area contributed by atoms with Crippen molar-refractivity contribution in [3.05, 3.63) is 72.8 Å². The van der Waals surface area contributed by atoms with Crippen molar-refractivity contribution < 1.29 is 19.1 Å². The maximum absolute atomic E-state index is 13.0. The summed E-state index contributed by atoms with van der Waals surface area (Å²) in [6.07, 6.45) is 1.73. The van der Waals surface area contributed by atoms with E-state index in [9.17, 15) is 14.9 Å². The second-order valence-electron chi connectivity index (χ2n) is 8.25. The number of ketones is 1. The fraction of sp³-hybridized carbons (Fsp3) is 0.269. The zero-order valence-corrected chi connectivity index (χ0v) is 23.0. The van der Waals surface area contributed by atoms with E-state index in [0.29, 0.717) is 73.3 Å². The second kappa shape index (κ2) is 11.7. The van der Waals surface area contributed by atoms with Crippen molar-refractivity contribution in [3.63, 3.8) is 0 Å².